The van der Waals surface area contributed by atoms with E-state index in [4.69, 9.17) is 23.2 Å². The molecule has 1 aliphatic carbocycles. The maximum Gasteiger partial charge on any atom is 0.337 e. The van der Waals surface area contributed by atoms with E-state index in [-0.39, 0.29) is 17.2 Å². The Morgan fingerprint density at radius 2 is 1.77 bits per heavy atom. The average molecular weight is 445 g/mol. The van der Waals surface area contributed by atoms with E-state index in [2.05, 4.69) is 4.98 Å². The van der Waals surface area contributed by atoms with Crippen LogP contribution in [0, 0.1) is 5.82 Å². The van der Waals surface area contributed by atoms with Crippen molar-refractivity contribution in [1.82, 2.24) is 18.7 Å². The van der Waals surface area contributed by atoms with Crippen LogP contribution in [0.25, 0.3) is 16.9 Å². The number of fused-ring (bicyclic) bond motifs is 1. The van der Waals surface area contributed by atoms with Crippen LogP contribution >= 0.6 is 23.2 Å². The summed E-state index contributed by atoms with van der Waals surface area (Å²) in [5, 5.41) is 0.856. The number of hydrogen-bond donors (Lipinski definition) is 0. The third kappa shape index (κ3) is 3.14. The highest BCUT2D eigenvalue weighted by atomic mass is 35.5. The van der Waals surface area contributed by atoms with Gasteiger partial charge in [-0.2, -0.15) is 0 Å². The van der Waals surface area contributed by atoms with E-state index in [9.17, 15) is 14.0 Å². The Hall–Kier alpha value is -2.90. The van der Waals surface area contributed by atoms with Gasteiger partial charge in [0.25, 0.3) is 5.56 Å². The van der Waals surface area contributed by atoms with Crippen molar-refractivity contribution in [3.8, 4) is 5.69 Å². The molecule has 0 saturated heterocycles. The summed E-state index contributed by atoms with van der Waals surface area (Å²) in [5.74, 6) is -0.413. The predicted molar refractivity (Wildman–Crippen MR) is 113 cm³/mol. The monoisotopic (exact) mass is 444 g/mol. The van der Waals surface area contributed by atoms with Gasteiger partial charge in [-0.1, -0.05) is 29.3 Å². The highest BCUT2D eigenvalue weighted by Crippen LogP contribution is 2.32. The normalized spacial score (nSPS) is 13.8. The molecule has 4 aromatic rings. The number of halogens is 3. The first-order valence-corrected chi connectivity index (χ1v) is 10.1. The minimum atomic E-state index is -0.471. The minimum absolute atomic E-state index is 0.130. The summed E-state index contributed by atoms with van der Waals surface area (Å²) in [4.78, 5) is 30.8. The van der Waals surface area contributed by atoms with Crippen LogP contribution < -0.4 is 11.2 Å². The molecule has 2 aromatic heterocycles. The average Bonchev–Trinajstić information content (AvgIpc) is 3.46. The Morgan fingerprint density at radius 3 is 2.43 bits per heavy atom. The molecule has 1 aliphatic rings. The summed E-state index contributed by atoms with van der Waals surface area (Å²) in [6.07, 6.45) is 3.06. The SMILES string of the molecule is O=c1c2c(ncn2Cc2ccc(Cl)c(Cl)c2)n(-c2ccc(F)cc2)c(=O)n1C1CC1. The molecule has 0 aliphatic heterocycles. The Kier molecular flexibility index (Phi) is 4.52. The van der Waals surface area contributed by atoms with Gasteiger partial charge in [0.15, 0.2) is 11.2 Å². The molecule has 9 heteroatoms. The second-order valence-electron chi connectivity index (χ2n) is 7.29. The lowest BCUT2D eigenvalue weighted by atomic mass is 10.2. The first-order chi connectivity index (χ1) is 14.4. The standard InChI is InChI=1S/C21H15Cl2FN4O2/c22-16-8-1-12(9-17(16)23)10-26-11-25-19-18(26)20(29)28(15-6-7-15)21(30)27(19)14-4-2-13(24)3-5-14/h1-5,8-9,11,15H,6-7,10H2. The molecular weight excluding hydrogens is 430 g/mol. The Morgan fingerprint density at radius 1 is 1.03 bits per heavy atom. The lowest BCUT2D eigenvalue weighted by molar-refractivity contribution is 0.624. The fourth-order valence-corrected chi connectivity index (χ4v) is 3.91. The van der Waals surface area contributed by atoms with Gasteiger partial charge in [-0.15, -0.1) is 0 Å². The zero-order chi connectivity index (χ0) is 21.0. The number of imidazole rings is 1. The highest BCUT2D eigenvalue weighted by molar-refractivity contribution is 6.42. The van der Waals surface area contributed by atoms with Crippen LogP contribution in [-0.2, 0) is 6.54 Å². The third-order valence-electron chi connectivity index (χ3n) is 5.18. The first-order valence-electron chi connectivity index (χ1n) is 9.36. The summed E-state index contributed by atoms with van der Waals surface area (Å²) in [6, 6.07) is 10.6. The quantitative estimate of drug-likeness (QED) is 0.474. The number of benzene rings is 2. The van der Waals surface area contributed by atoms with Gasteiger partial charge < -0.3 is 4.57 Å². The first kappa shape index (κ1) is 19.1. The summed E-state index contributed by atoms with van der Waals surface area (Å²) < 4.78 is 17.8. The molecule has 0 unspecified atom stereocenters. The molecule has 1 saturated carbocycles. The Bertz CT molecular complexity index is 1400. The van der Waals surface area contributed by atoms with Crippen LogP contribution in [-0.4, -0.2) is 18.7 Å². The zero-order valence-electron chi connectivity index (χ0n) is 15.6. The number of rotatable bonds is 4. The van der Waals surface area contributed by atoms with E-state index < -0.39 is 11.5 Å². The second-order valence-corrected chi connectivity index (χ2v) is 8.11. The summed E-state index contributed by atoms with van der Waals surface area (Å²) in [6.45, 7) is 0.328. The van der Waals surface area contributed by atoms with Gasteiger partial charge in [0.05, 0.1) is 22.1 Å². The van der Waals surface area contributed by atoms with E-state index in [1.165, 1.54) is 39.7 Å². The maximum absolute atomic E-state index is 13.4. The largest absolute Gasteiger partial charge is 0.337 e. The van der Waals surface area contributed by atoms with E-state index >= 15 is 0 Å². The van der Waals surface area contributed by atoms with Crippen molar-refractivity contribution < 1.29 is 4.39 Å². The van der Waals surface area contributed by atoms with E-state index in [1.54, 1.807) is 16.7 Å². The van der Waals surface area contributed by atoms with Gasteiger partial charge >= 0.3 is 5.69 Å². The van der Waals surface area contributed by atoms with Crippen LogP contribution in [0.5, 0.6) is 0 Å². The highest BCUT2D eigenvalue weighted by Gasteiger charge is 2.30. The molecule has 0 spiro atoms. The van der Waals surface area contributed by atoms with Gasteiger partial charge in [0.1, 0.15) is 5.82 Å². The summed E-state index contributed by atoms with van der Waals surface area (Å²) >= 11 is 12.1. The number of aromatic nitrogens is 4. The van der Waals surface area contributed by atoms with Gasteiger partial charge in [-0.3, -0.25) is 9.36 Å². The second kappa shape index (κ2) is 7.11. The van der Waals surface area contributed by atoms with Crippen LogP contribution in [0.3, 0.4) is 0 Å². The molecule has 2 heterocycles. The smallest absolute Gasteiger partial charge is 0.320 e. The molecule has 0 amide bonds. The molecule has 0 atom stereocenters. The maximum atomic E-state index is 13.4. The van der Waals surface area contributed by atoms with Crippen LogP contribution in [0.15, 0.2) is 58.4 Å². The van der Waals surface area contributed by atoms with Gasteiger partial charge in [-0.05, 0) is 54.8 Å². The third-order valence-corrected chi connectivity index (χ3v) is 5.92. The Labute approximate surface area is 179 Å². The lowest BCUT2D eigenvalue weighted by Crippen LogP contribution is -2.39. The van der Waals surface area contributed by atoms with Gasteiger partial charge in [0.2, 0.25) is 0 Å². The van der Waals surface area contributed by atoms with Crippen molar-refractivity contribution in [2.24, 2.45) is 0 Å². The number of hydrogen-bond acceptors (Lipinski definition) is 3. The molecule has 0 N–H and O–H groups in total. The van der Waals surface area contributed by atoms with Gasteiger partial charge in [-0.25, -0.2) is 18.7 Å². The lowest BCUT2D eigenvalue weighted by Gasteiger charge is -2.12. The van der Waals surface area contributed by atoms with Crippen molar-refractivity contribution in [2.45, 2.75) is 25.4 Å². The molecule has 2 aromatic carbocycles. The topological polar surface area (TPSA) is 61.8 Å². The minimum Gasteiger partial charge on any atom is -0.320 e. The van der Waals surface area contributed by atoms with E-state index in [0.29, 0.717) is 27.8 Å². The summed E-state index contributed by atoms with van der Waals surface area (Å²) in [5.41, 5.74) is 0.960. The summed E-state index contributed by atoms with van der Waals surface area (Å²) in [7, 11) is 0. The van der Waals surface area contributed by atoms with Crippen molar-refractivity contribution in [1.29, 1.82) is 0 Å². The van der Waals surface area contributed by atoms with Crippen molar-refractivity contribution in [2.75, 3.05) is 0 Å². The molecule has 0 bridgehead atoms. The molecule has 152 valence electrons. The Balaban J connectivity index is 1.75. The molecule has 30 heavy (non-hydrogen) atoms. The number of nitrogens with zero attached hydrogens (tertiary/aromatic N) is 4. The van der Waals surface area contributed by atoms with Gasteiger partial charge in [0, 0.05) is 12.6 Å². The fourth-order valence-electron chi connectivity index (χ4n) is 3.59. The van der Waals surface area contributed by atoms with Crippen molar-refractivity contribution in [3.63, 3.8) is 0 Å². The molecule has 6 nitrogen and oxygen atoms in total. The van der Waals surface area contributed by atoms with E-state index in [0.717, 1.165) is 18.4 Å². The van der Waals surface area contributed by atoms with E-state index in [1.807, 2.05) is 6.07 Å². The molecular formula is C21H15Cl2FN4O2. The molecule has 1 fully saturated rings. The van der Waals surface area contributed by atoms with Crippen LogP contribution in [0.4, 0.5) is 4.39 Å². The fraction of sp³-hybridized carbons (Fsp3) is 0.190. The van der Waals surface area contributed by atoms with Crippen LogP contribution in [0.1, 0.15) is 24.4 Å². The predicted octanol–water partition coefficient (Wildman–Crippen LogP) is 4.18. The zero-order valence-corrected chi connectivity index (χ0v) is 17.1. The van der Waals surface area contributed by atoms with Crippen LogP contribution in [0.2, 0.25) is 10.0 Å². The van der Waals surface area contributed by atoms with Crippen molar-refractivity contribution in [3.05, 3.63) is 91.1 Å². The van der Waals surface area contributed by atoms with Crippen molar-refractivity contribution >= 4 is 34.4 Å². The molecule has 5 rings (SSSR count). The molecule has 0 radical (unpaired) electrons.